The molecule has 130 valence electrons. The summed E-state index contributed by atoms with van der Waals surface area (Å²) in [6, 6.07) is 0.171. The van der Waals surface area contributed by atoms with Crippen LogP contribution in [0.3, 0.4) is 0 Å². The number of rotatable bonds is 5. The number of hydrogen-bond acceptors (Lipinski definition) is 4. The molecule has 2 heterocycles. The second kappa shape index (κ2) is 7.27. The lowest BCUT2D eigenvalue weighted by atomic mass is 9.96. The summed E-state index contributed by atoms with van der Waals surface area (Å²) in [6.45, 7) is 1.95. The first-order valence-electron chi connectivity index (χ1n) is 8.63. The summed E-state index contributed by atoms with van der Waals surface area (Å²) in [5.74, 6) is 0.306. The van der Waals surface area contributed by atoms with Crippen LogP contribution in [0.15, 0.2) is 12.7 Å². The number of piperidine rings is 1. The molecule has 2 fully saturated rings. The van der Waals surface area contributed by atoms with Crippen LogP contribution < -0.4 is 0 Å². The van der Waals surface area contributed by atoms with Crippen molar-refractivity contribution < 1.29 is 8.42 Å². The van der Waals surface area contributed by atoms with Gasteiger partial charge in [-0.3, -0.25) is 4.68 Å². The average Bonchev–Trinajstić information content (AvgIpc) is 3.08. The Hall–Kier alpha value is -0.990. The van der Waals surface area contributed by atoms with Crippen LogP contribution in [0.4, 0.5) is 0 Å². The molecule has 0 amide bonds. The maximum Gasteiger partial charge on any atom is 0.281 e. The molecule has 1 aromatic rings. The molecule has 3 rings (SSSR count). The standard InChI is InChI=1S/C15H27N5O2S/c1-18(15-7-3-2-4-8-15)23(21,22)20-9-5-6-14(11-20)10-19-13-16-12-17-19/h12-15H,2-11H2,1H3. The molecule has 1 aliphatic carbocycles. The lowest BCUT2D eigenvalue weighted by molar-refractivity contribution is 0.211. The van der Waals surface area contributed by atoms with Crippen LogP contribution >= 0.6 is 0 Å². The van der Waals surface area contributed by atoms with Gasteiger partial charge in [0.05, 0.1) is 0 Å². The van der Waals surface area contributed by atoms with Gasteiger partial charge in [-0.05, 0) is 31.6 Å². The van der Waals surface area contributed by atoms with Gasteiger partial charge in [0.15, 0.2) is 0 Å². The van der Waals surface area contributed by atoms with Gasteiger partial charge in [-0.2, -0.15) is 22.1 Å². The van der Waals surface area contributed by atoms with Gasteiger partial charge in [0.2, 0.25) is 0 Å². The van der Waals surface area contributed by atoms with E-state index in [4.69, 9.17) is 0 Å². The Morgan fingerprint density at radius 1 is 1.17 bits per heavy atom. The monoisotopic (exact) mass is 341 g/mol. The van der Waals surface area contributed by atoms with Gasteiger partial charge in [-0.25, -0.2) is 4.98 Å². The molecule has 1 unspecified atom stereocenters. The van der Waals surface area contributed by atoms with Gasteiger partial charge in [0.25, 0.3) is 10.2 Å². The first-order valence-corrected chi connectivity index (χ1v) is 10.0. The number of nitrogens with zero attached hydrogens (tertiary/aromatic N) is 5. The molecule has 1 atom stereocenters. The largest absolute Gasteiger partial charge is 0.281 e. The van der Waals surface area contributed by atoms with Crippen LogP contribution in [0.5, 0.6) is 0 Å². The van der Waals surface area contributed by atoms with E-state index in [0.29, 0.717) is 19.0 Å². The third-order valence-corrected chi connectivity index (χ3v) is 7.18. The number of aromatic nitrogens is 3. The normalized spacial score (nSPS) is 25.0. The van der Waals surface area contributed by atoms with Gasteiger partial charge in [0, 0.05) is 32.7 Å². The molecule has 1 aliphatic heterocycles. The van der Waals surface area contributed by atoms with Gasteiger partial charge >= 0.3 is 0 Å². The van der Waals surface area contributed by atoms with E-state index in [-0.39, 0.29) is 6.04 Å². The topological polar surface area (TPSA) is 71.3 Å². The first kappa shape index (κ1) is 16.9. The van der Waals surface area contributed by atoms with Crippen molar-refractivity contribution in [3.05, 3.63) is 12.7 Å². The Bertz CT molecular complexity index is 583. The molecular formula is C15H27N5O2S. The summed E-state index contributed by atoms with van der Waals surface area (Å²) in [6.07, 6.45) is 10.7. The highest BCUT2D eigenvalue weighted by Crippen LogP contribution is 2.27. The van der Waals surface area contributed by atoms with Crippen LogP contribution in [0.25, 0.3) is 0 Å². The Morgan fingerprint density at radius 3 is 2.65 bits per heavy atom. The van der Waals surface area contributed by atoms with E-state index in [1.54, 1.807) is 26.7 Å². The molecule has 2 aliphatic rings. The predicted molar refractivity (Wildman–Crippen MR) is 87.9 cm³/mol. The molecule has 0 spiro atoms. The van der Waals surface area contributed by atoms with Crippen molar-refractivity contribution in [2.45, 2.75) is 57.5 Å². The van der Waals surface area contributed by atoms with E-state index in [1.807, 2.05) is 0 Å². The molecule has 7 nitrogen and oxygen atoms in total. The molecule has 0 radical (unpaired) electrons. The molecule has 0 aromatic carbocycles. The molecule has 1 aromatic heterocycles. The molecule has 1 saturated heterocycles. The maximum absolute atomic E-state index is 12.9. The summed E-state index contributed by atoms with van der Waals surface area (Å²) in [5.41, 5.74) is 0. The quantitative estimate of drug-likeness (QED) is 0.814. The zero-order valence-electron chi connectivity index (χ0n) is 13.8. The minimum atomic E-state index is -3.35. The van der Waals surface area contributed by atoms with Crippen LogP contribution in [-0.2, 0) is 16.8 Å². The Morgan fingerprint density at radius 2 is 1.96 bits per heavy atom. The summed E-state index contributed by atoms with van der Waals surface area (Å²) < 4.78 is 31.0. The SMILES string of the molecule is CN(C1CCCCC1)S(=O)(=O)N1CCCC(Cn2cncn2)C1. The summed E-state index contributed by atoms with van der Waals surface area (Å²) in [7, 11) is -1.60. The van der Waals surface area contributed by atoms with E-state index in [0.717, 1.165) is 45.1 Å². The number of hydrogen-bond donors (Lipinski definition) is 0. The van der Waals surface area contributed by atoms with Crippen LogP contribution in [0.2, 0.25) is 0 Å². The third-order valence-electron chi connectivity index (χ3n) is 5.17. The van der Waals surface area contributed by atoms with E-state index < -0.39 is 10.2 Å². The third kappa shape index (κ3) is 3.92. The zero-order chi connectivity index (χ0) is 16.3. The van der Waals surface area contributed by atoms with Gasteiger partial charge in [-0.1, -0.05) is 19.3 Å². The Balaban J connectivity index is 1.64. The molecule has 0 N–H and O–H groups in total. The molecule has 0 bridgehead atoms. The second-order valence-corrected chi connectivity index (χ2v) is 8.79. The fourth-order valence-electron chi connectivity index (χ4n) is 3.79. The van der Waals surface area contributed by atoms with Gasteiger partial charge in [0.1, 0.15) is 12.7 Å². The Kier molecular flexibility index (Phi) is 5.33. The average molecular weight is 341 g/mol. The lowest BCUT2D eigenvalue weighted by Gasteiger charge is -2.38. The van der Waals surface area contributed by atoms with Crippen molar-refractivity contribution in [3.63, 3.8) is 0 Å². The predicted octanol–water partition coefficient (Wildman–Crippen LogP) is 1.50. The van der Waals surface area contributed by atoms with E-state index in [1.165, 1.54) is 12.7 Å². The minimum Gasteiger partial charge on any atom is -0.253 e. The van der Waals surface area contributed by atoms with Crippen LogP contribution in [0.1, 0.15) is 44.9 Å². The van der Waals surface area contributed by atoms with Crippen molar-refractivity contribution >= 4 is 10.2 Å². The van der Waals surface area contributed by atoms with Crippen molar-refractivity contribution in [2.24, 2.45) is 5.92 Å². The fraction of sp³-hybridized carbons (Fsp3) is 0.867. The highest BCUT2D eigenvalue weighted by molar-refractivity contribution is 7.86. The molecule has 1 saturated carbocycles. The highest BCUT2D eigenvalue weighted by atomic mass is 32.2. The zero-order valence-corrected chi connectivity index (χ0v) is 14.7. The summed E-state index contributed by atoms with van der Waals surface area (Å²) in [4.78, 5) is 3.96. The lowest BCUT2D eigenvalue weighted by Crippen LogP contribution is -2.50. The Labute approximate surface area is 138 Å². The smallest absolute Gasteiger partial charge is 0.253 e. The molecule has 8 heteroatoms. The van der Waals surface area contributed by atoms with E-state index in [2.05, 4.69) is 10.1 Å². The summed E-state index contributed by atoms with van der Waals surface area (Å²) in [5, 5.41) is 4.13. The van der Waals surface area contributed by atoms with E-state index in [9.17, 15) is 8.42 Å². The van der Waals surface area contributed by atoms with Crippen molar-refractivity contribution in [1.82, 2.24) is 23.4 Å². The van der Waals surface area contributed by atoms with Crippen LogP contribution in [0, 0.1) is 5.92 Å². The maximum atomic E-state index is 12.9. The van der Waals surface area contributed by atoms with Crippen molar-refractivity contribution in [3.8, 4) is 0 Å². The van der Waals surface area contributed by atoms with Crippen molar-refractivity contribution in [1.29, 1.82) is 0 Å². The van der Waals surface area contributed by atoms with Gasteiger partial charge < -0.3 is 0 Å². The molecular weight excluding hydrogens is 314 g/mol. The first-order chi connectivity index (χ1) is 11.1. The summed E-state index contributed by atoms with van der Waals surface area (Å²) >= 11 is 0. The van der Waals surface area contributed by atoms with Crippen LogP contribution in [-0.4, -0.2) is 58.0 Å². The van der Waals surface area contributed by atoms with Crippen molar-refractivity contribution in [2.75, 3.05) is 20.1 Å². The minimum absolute atomic E-state index is 0.171. The van der Waals surface area contributed by atoms with E-state index >= 15 is 0 Å². The van der Waals surface area contributed by atoms with Gasteiger partial charge in [-0.15, -0.1) is 0 Å². The highest BCUT2D eigenvalue weighted by Gasteiger charge is 2.35. The molecule has 23 heavy (non-hydrogen) atoms. The second-order valence-electron chi connectivity index (χ2n) is 6.80. The fourth-order valence-corrected chi connectivity index (χ4v) is 5.50.